The highest BCUT2D eigenvalue weighted by atomic mass is 79.9. The first-order valence-electron chi connectivity index (χ1n) is 4.85. The summed E-state index contributed by atoms with van der Waals surface area (Å²) in [5.74, 6) is 0. The van der Waals surface area contributed by atoms with E-state index in [0.717, 1.165) is 10.3 Å². The second-order valence-corrected chi connectivity index (χ2v) is 4.59. The van der Waals surface area contributed by atoms with Crippen LogP contribution in [0.3, 0.4) is 0 Å². The van der Waals surface area contributed by atoms with Gasteiger partial charge in [0.1, 0.15) is 4.60 Å². The van der Waals surface area contributed by atoms with Gasteiger partial charge in [0.2, 0.25) is 0 Å². The number of hydrogen-bond donors (Lipinski definition) is 2. The maximum Gasteiger partial charge on any atom is 0.106 e. The van der Waals surface area contributed by atoms with Crippen LogP contribution in [0.15, 0.2) is 22.8 Å². The van der Waals surface area contributed by atoms with Gasteiger partial charge in [-0.1, -0.05) is 6.07 Å². The zero-order valence-corrected chi connectivity index (χ0v) is 9.76. The van der Waals surface area contributed by atoms with E-state index in [1.807, 2.05) is 23.1 Å². The van der Waals surface area contributed by atoms with Gasteiger partial charge in [0, 0.05) is 19.6 Å². The highest BCUT2D eigenvalue weighted by Gasteiger charge is 2.29. The van der Waals surface area contributed by atoms with Crippen molar-refractivity contribution in [3.63, 3.8) is 0 Å². The molecular formula is C10H13BrN2O2. The van der Waals surface area contributed by atoms with Crippen molar-refractivity contribution in [1.82, 2.24) is 9.88 Å². The summed E-state index contributed by atoms with van der Waals surface area (Å²) in [6, 6.07) is 5.73. The molecule has 2 N–H and O–H groups in total. The number of aromatic nitrogens is 1. The van der Waals surface area contributed by atoms with Gasteiger partial charge in [-0.25, -0.2) is 4.98 Å². The van der Waals surface area contributed by atoms with Crippen molar-refractivity contribution in [3.05, 3.63) is 28.5 Å². The van der Waals surface area contributed by atoms with Crippen LogP contribution < -0.4 is 0 Å². The van der Waals surface area contributed by atoms with Gasteiger partial charge in [0.25, 0.3) is 0 Å². The summed E-state index contributed by atoms with van der Waals surface area (Å²) in [5, 5.41) is 18.8. The van der Waals surface area contributed by atoms with E-state index < -0.39 is 12.2 Å². The Labute approximate surface area is 96.7 Å². The fraction of sp³-hybridized carbons (Fsp3) is 0.500. The van der Waals surface area contributed by atoms with Crippen LogP contribution in [0.4, 0.5) is 0 Å². The second kappa shape index (κ2) is 4.57. The third kappa shape index (κ3) is 2.75. The molecule has 1 aromatic heterocycles. The lowest BCUT2D eigenvalue weighted by atomic mass is 10.3. The molecule has 2 unspecified atom stereocenters. The van der Waals surface area contributed by atoms with Gasteiger partial charge in [-0.15, -0.1) is 0 Å². The Bertz CT molecular complexity index is 338. The molecule has 0 aromatic carbocycles. The molecule has 2 heterocycles. The number of pyridine rings is 1. The first kappa shape index (κ1) is 11.0. The van der Waals surface area contributed by atoms with E-state index in [1.54, 1.807) is 0 Å². The van der Waals surface area contributed by atoms with Crippen LogP contribution in [0.1, 0.15) is 5.69 Å². The first-order valence-corrected chi connectivity index (χ1v) is 5.64. The number of halogens is 1. The minimum Gasteiger partial charge on any atom is -0.389 e. The number of hydrogen-bond acceptors (Lipinski definition) is 4. The fourth-order valence-corrected chi connectivity index (χ4v) is 2.12. The van der Waals surface area contributed by atoms with Crippen LogP contribution in [-0.4, -0.2) is 45.4 Å². The average Bonchev–Trinajstić information content (AvgIpc) is 2.45. The highest BCUT2D eigenvalue weighted by Crippen LogP contribution is 2.14. The van der Waals surface area contributed by atoms with Crippen molar-refractivity contribution in [2.75, 3.05) is 13.1 Å². The maximum atomic E-state index is 9.38. The van der Waals surface area contributed by atoms with Crippen molar-refractivity contribution in [2.24, 2.45) is 0 Å². The van der Waals surface area contributed by atoms with E-state index in [9.17, 15) is 10.2 Å². The highest BCUT2D eigenvalue weighted by molar-refractivity contribution is 9.10. The molecule has 1 saturated heterocycles. The minimum atomic E-state index is -0.628. The quantitative estimate of drug-likeness (QED) is 0.765. The van der Waals surface area contributed by atoms with Crippen molar-refractivity contribution in [1.29, 1.82) is 0 Å². The lowest BCUT2D eigenvalue weighted by Gasteiger charge is -2.13. The topological polar surface area (TPSA) is 56.6 Å². The summed E-state index contributed by atoms with van der Waals surface area (Å²) in [6.45, 7) is 1.68. The molecule has 2 atom stereocenters. The summed E-state index contributed by atoms with van der Waals surface area (Å²) in [6.07, 6.45) is -1.26. The molecule has 0 radical (unpaired) electrons. The van der Waals surface area contributed by atoms with Gasteiger partial charge in [-0.05, 0) is 28.1 Å². The zero-order chi connectivity index (χ0) is 10.8. The molecule has 0 amide bonds. The van der Waals surface area contributed by atoms with Gasteiger partial charge in [-0.2, -0.15) is 0 Å². The zero-order valence-electron chi connectivity index (χ0n) is 8.17. The molecule has 2 rings (SSSR count). The number of likely N-dealkylation sites (tertiary alicyclic amines) is 1. The van der Waals surface area contributed by atoms with Crippen LogP contribution in [-0.2, 0) is 6.54 Å². The van der Waals surface area contributed by atoms with E-state index in [4.69, 9.17) is 0 Å². The van der Waals surface area contributed by atoms with Crippen LogP contribution >= 0.6 is 15.9 Å². The van der Waals surface area contributed by atoms with E-state index in [0.29, 0.717) is 19.6 Å². The second-order valence-electron chi connectivity index (χ2n) is 3.78. The molecule has 1 fully saturated rings. The Morgan fingerprint density at radius 3 is 2.60 bits per heavy atom. The van der Waals surface area contributed by atoms with Gasteiger partial charge < -0.3 is 10.2 Å². The van der Waals surface area contributed by atoms with E-state index in [-0.39, 0.29) is 0 Å². The largest absolute Gasteiger partial charge is 0.389 e. The van der Waals surface area contributed by atoms with Crippen molar-refractivity contribution in [2.45, 2.75) is 18.8 Å². The summed E-state index contributed by atoms with van der Waals surface area (Å²) in [4.78, 5) is 6.29. The molecule has 15 heavy (non-hydrogen) atoms. The standard InChI is InChI=1S/C10H13BrN2O2/c11-10-3-1-2-7(12-10)4-13-5-8(14)9(15)6-13/h1-3,8-9,14-15H,4-6H2. The Morgan fingerprint density at radius 2 is 2.00 bits per heavy atom. The molecule has 0 saturated carbocycles. The summed E-state index contributed by atoms with van der Waals surface area (Å²) in [5.41, 5.74) is 0.936. The summed E-state index contributed by atoms with van der Waals surface area (Å²) in [7, 11) is 0. The predicted octanol–water partition coefficient (Wildman–Crippen LogP) is 0.382. The molecular weight excluding hydrogens is 260 g/mol. The van der Waals surface area contributed by atoms with Crippen molar-refractivity contribution >= 4 is 15.9 Å². The SMILES string of the molecule is OC1CN(Cc2cccc(Br)n2)CC1O. The van der Waals surface area contributed by atoms with E-state index >= 15 is 0 Å². The Morgan fingerprint density at radius 1 is 1.33 bits per heavy atom. The summed E-state index contributed by atoms with van der Waals surface area (Å²) < 4.78 is 0.806. The molecule has 1 aliphatic heterocycles. The molecule has 0 aliphatic carbocycles. The number of aliphatic hydroxyl groups is 2. The number of aliphatic hydroxyl groups excluding tert-OH is 2. The molecule has 0 spiro atoms. The molecule has 0 bridgehead atoms. The first-order chi connectivity index (χ1) is 7.15. The number of nitrogens with zero attached hydrogens (tertiary/aromatic N) is 2. The number of β-amino-alcohol motifs (C(OH)–C–C–N with tert-alkyl or cyclic N) is 2. The Hall–Kier alpha value is -0.490. The summed E-state index contributed by atoms with van der Waals surface area (Å²) >= 11 is 3.31. The van der Waals surface area contributed by atoms with Crippen LogP contribution in [0.25, 0.3) is 0 Å². The minimum absolute atomic E-state index is 0.509. The van der Waals surface area contributed by atoms with Crippen LogP contribution in [0, 0.1) is 0 Å². The van der Waals surface area contributed by atoms with Crippen molar-refractivity contribution in [3.8, 4) is 0 Å². The van der Waals surface area contributed by atoms with E-state index in [1.165, 1.54) is 0 Å². The maximum absolute atomic E-state index is 9.38. The average molecular weight is 273 g/mol. The monoisotopic (exact) mass is 272 g/mol. The normalized spacial score (nSPS) is 27.1. The van der Waals surface area contributed by atoms with Crippen LogP contribution in [0.5, 0.6) is 0 Å². The molecule has 1 aromatic rings. The molecule has 4 nitrogen and oxygen atoms in total. The smallest absolute Gasteiger partial charge is 0.106 e. The molecule has 5 heteroatoms. The molecule has 82 valence electrons. The van der Waals surface area contributed by atoms with Gasteiger partial charge >= 0.3 is 0 Å². The molecule has 1 aliphatic rings. The van der Waals surface area contributed by atoms with E-state index in [2.05, 4.69) is 20.9 Å². The van der Waals surface area contributed by atoms with Crippen molar-refractivity contribution < 1.29 is 10.2 Å². The number of rotatable bonds is 2. The van der Waals surface area contributed by atoms with Crippen LogP contribution in [0.2, 0.25) is 0 Å². The van der Waals surface area contributed by atoms with Gasteiger partial charge in [0.15, 0.2) is 0 Å². The third-order valence-corrected chi connectivity index (χ3v) is 2.93. The van der Waals surface area contributed by atoms with Gasteiger partial charge in [0.05, 0.1) is 17.9 Å². The third-order valence-electron chi connectivity index (χ3n) is 2.49. The van der Waals surface area contributed by atoms with Gasteiger partial charge in [-0.3, -0.25) is 4.90 Å². The predicted molar refractivity (Wildman–Crippen MR) is 59.2 cm³/mol. The Kier molecular flexibility index (Phi) is 3.35. The lowest BCUT2D eigenvalue weighted by Crippen LogP contribution is -2.22. The fourth-order valence-electron chi connectivity index (χ4n) is 1.74. The lowest BCUT2D eigenvalue weighted by molar-refractivity contribution is 0.0572. The Balaban J connectivity index is 1.98.